The van der Waals surface area contributed by atoms with E-state index in [4.69, 9.17) is 5.73 Å². The van der Waals surface area contributed by atoms with Crippen LogP contribution in [-0.2, 0) is 0 Å². The molecule has 1 atom stereocenters. The van der Waals surface area contributed by atoms with Gasteiger partial charge in [-0.15, -0.1) is 0 Å². The molecule has 1 aromatic carbocycles. The minimum absolute atomic E-state index is 0.289. The van der Waals surface area contributed by atoms with E-state index in [0.717, 1.165) is 12.1 Å². The molecule has 0 aromatic heterocycles. The van der Waals surface area contributed by atoms with Crippen molar-refractivity contribution in [2.75, 3.05) is 11.1 Å². The van der Waals surface area contributed by atoms with Crippen LogP contribution < -0.4 is 11.1 Å². The lowest BCUT2D eigenvalue weighted by atomic mass is 10.2. The molecule has 0 spiro atoms. The van der Waals surface area contributed by atoms with Gasteiger partial charge >= 0.3 is 0 Å². The molecule has 3 heteroatoms. The number of hydrogen-bond donors (Lipinski definition) is 2. The third kappa shape index (κ3) is 1.67. The maximum Gasteiger partial charge on any atom is 0.125 e. The van der Waals surface area contributed by atoms with Crippen molar-refractivity contribution in [2.45, 2.75) is 26.3 Å². The average molecular weight is 194 g/mol. The van der Waals surface area contributed by atoms with Crippen molar-refractivity contribution in [1.29, 1.82) is 0 Å². The Hall–Kier alpha value is -1.25. The average Bonchev–Trinajstić information content (AvgIpc) is 2.65. The van der Waals surface area contributed by atoms with Crippen LogP contribution in [-0.4, -0.2) is 6.04 Å². The molecule has 14 heavy (non-hydrogen) atoms. The third-order valence-electron chi connectivity index (χ3n) is 2.86. The quantitative estimate of drug-likeness (QED) is 0.710. The highest BCUT2D eigenvalue weighted by Crippen LogP contribution is 2.47. The van der Waals surface area contributed by atoms with Crippen LogP contribution in [0.2, 0.25) is 0 Å². The Balaban J connectivity index is 2.11. The Bertz CT molecular complexity index is 360. The number of nitrogen functional groups attached to an aromatic ring is 1. The summed E-state index contributed by atoms with van der Waals surface area (Å²) in [4.78, 5) is 0. The summed E-state index contributed by atoms with van der Waals surface area (Å²) in [6.07, 6.45) is 1.14. The first kappa shape index (κ1) is 9.31. The zero-order chi connectivity index (χ0) is 10.3. The first-order valence-electron chi connectivity index (χ1n) is 4.80. The monoisotopic (exact) mass is 194 g/mol. The SMILES string of the molecule is CC1(C)CC1Nc1ccc(F)cc1N. The van der Waals surface area contributed by atoms with Gasteiger partial charge in [0, 0.05) is 6.04 Å². The van der Waals surface area contributed by atoms with E-state index in [1.807, 2.05) is 0 Å². The summed E-state index contributed by atoms with van der Waals surface area (Å²) in [5.41, 5.74) is 7.35. The number of hydrogen-bond acceptors (Lipinski definition) is 2. The van der Waals surface area contributed by atoms with E-state index >= 15 is 0 Å². The highest BCUT2D eigenvalue weighted by molar-refractivity contribution is 5.66. The van der Waals surface area contributed by atoms with Gasteiger partial charge in [0.25, 0.3) is 0 Å². The third-order valence-corrected chi connectivity index (χ3v) is 2.86. The predicted octanol–water partition coefficient (Wildman–Crippen LogP) is 2.62. The van der Waals surface area contributed by atoms with Crippen LogP contribution in [0.4, 0.5) is 15.8 Å². The van der Waals surface area contributed by atoms with Crippen molar-refractivity contribution in [1.82, 2.24) is 0 Å². The fourth-order valence-corrected chi connectivity index (χ4v) is 1.57. The van der Waals surface area contributed by atoms with E-state index in [1.54, 1.807) is 6.07 Å². The summed E-state index contributed by atoms with van der Waals surface area (Å²) < 4.78 is 12.7. The number of benzene rings is 1. The van der Waals surface area contributed by atoms with E-state index in [1.165, 1.54) is 12.1 Å². The zero-order valence-electron chi connectivity index (χ0n) is 8.47. The predicted molar refractivity (Wildman–Crippen MR) is 56.6 cm³/mol. The summed E-state index contributed by atoms with van der Waals surface area (Å²) in [6.45, 7) is 4.40. The van der Waals surface area contributed by atoms with Crippen LogP contribution in [0.15, 0.2) is 18.2 Å². The Morgan fingerprint density at radius 1 is 1.50 bits per heavy atom. The highest BCUT2D eigenvalue weighted by Gasteiger charge is 2.45. The van der Waals surface area contributed by atoms with Crippen LogP contribution in [0.25, 0.3) is 0 Å². The summed E-state index contributed by atoms with van der Waals surface area (Å²) in [7, 11) is 0. The van der Waals surface area contributed by atoms with Gasteiger partial charge in [-0.3, -0.25) is 0 Å². The molecule has 1 aliphatic carbocycles. The Morgan fingerprint density at radius 2 is 2.14 bits per heavy atom. The van der Waals surface area contributed by atoms with E-state index in [0.29, 0.717) is 17.1 Å². The van der Waals surface area contributed by atoms with Crippen molar-refractivity contribution in [3.63, 3.8) is 0 Å². The van der Waals surface area contributed by atoms with Crippen molar-refractivity contribution in [3.8, 4) is 0 Å². The van der Waals surface area contributed by atoms with E-state index in [-0.39, 0.29) is 5.82 Å². The van der Waals surface area contributed by atoms with E-state index < -0.39 is 0 Å². The van der Waals surface area contributed by atoms with E-state index in [2.05, 4.69) is 19.2 Å². The van der Waals surface area contributed by atoms with Gasteiger partial charge in [-0.05, 0) is 30.0 Å². The fraction of sp³-hybridized carbons (Fsp3) is 0.455. The van der Waals surface area contributed by atoms with Gasteiger partial charge in [0.15, 0.2) is 0 Å². The number of nitrogens with one attached hydrogen (secondary N) is 1. The largest absolute Gasteiger partial charge is 0.397 e. The molecule has 0 radical (unpaired) electrons. The van der Waals surface area contributed by atoms with Crippen LogP contribution in [0.5, 0.6) is 0 Å². The molecule has 2 nitrogen and oxygen atoms in total. The fourth-order valence-electron chi connectivity index (χ4n) is 1.57. The molecule has 0 amide bonds. The molecule has 1 fully saturated rings. The maximum absolute atomic E-state index is 12.7. The lowest BCUT2D eigenvalue weighted by Gasteiger charge is -2.10. The van der Waals surface area contributed by atoms with Crippen molar-refractivity contribution >= 4 is 11.4 Å². The molecule has 0 bridgehead atoms. The number of nitrogens with two attached hydrogens (primary N) is 1. The maximum atomic E-state index is 12.7. The minimum atomic E-state index is -0.289. The first-order chi connectivity index (χ1) is 6.49. The molecule has 1 saturated carbocycles. The van der Waals surface area contributed by atoms with Crippen molar-refractivity contribution < 1.29 is 4.39 Å². The molecule has 1 aromatic rings. The summed E-state index contributed by atoms with van der Waals surface area (Å²) in [5.74, 6) is -0.289. The van der Waals surface area contributed by atoms with Crippen LogP contribution in [0.3, 0.4) is 0 Å². The van der Waals surface area contributed by atoms with Gasteiger partial charge in [-0.25, -0.2) is 4.39 Å². The van der Waals surface area contributed by atoms with Gasteiger partial charge in [-0.2, -0.15) is 0 Å². The summed E-state index contributed by atoms with van der Waals surface area (Å²) in [6, 6.07) is 4.93. The molecule has 1 unspecified atom stereocenters. The molecule has 76 valence electrons. The lowest BCUT2D eigenvalue weighted by molar-refractivity contribution is 0.626. The molecule has 2 rings (SSSR count). The smallest absolute Gasteiger partial charge is 0.125 e. The lowest BCUT2D eigenvalue weighted by Crippen LogP contribution is -2.10. The first-order valence-corrected chi connectivity index (χ1v) is 4.80. The van der Waals surface area contributed by atoms with E-state index in [9.17, 15) is 4.39 Å². The second kappa shape index (κ2) is 2.87. The second-order valence-corrected chi connectivity index (χ2v) is 4.62. The van der Waals surface area contributed by atoms with Gasteiger partial charge in [0.2, 0.25) is 0 Å². The second-order valence-electron chi connectivity index (χ2n) is 4.62. The van der Waals surface area contributed by atoms with Gasteiger partial charge in [0.1, 0.15) is 5.82 Å². The van der Waals surface area contributed by atoms with Gasteiger partial charge < -0.3 is 11.1 Å². The minimum Gasteiger partial charge on any atom is -0.397 e. The Labute approximate surface area is 83.3 Å². The molecule has 3 N–H and O–H groups in total. The standard InChI is InChI=1S/C11H15FN2/c1-11(2)6-10(11)14-9-4-3-7(12)5-8(9)13/h3-5,10,14H,6,13H2,1-2H3. The molecular formula is C11H15FN2. The Morgan fingerprint density at radius 3 is 2.64 bits per heavy atom. The molecular weight excluding hydrogens is 179 g/mol. The number of anilines is 2. The topological polar surface area (TPSA) is 38.0 Å². The zero-order valence-corrected chi connectivity index (χ0v) is 8.47. The molecule has 0 heterocycles. The van der Waals surface area contributed by atoms with Gasteiger partial charge in [0.05, 0.1) is 11.4 Å². The summed E-state index contributed by atoms with van der Waals surface area (Å²) in [5, 5.41) is 3.31. The number of halogens is 1. The summed E-state index contributed by atoms with van der Waals surface area (Å²) >= 11 is 0. The molecule has 1 aliphatic rings. The van der Waals surface area contributed by atoms with Crippen LogP contribution in [0.1, 0.15) is 20.3 Å². The number of rotatable bonds is 2. The molecule has 0 aliphatic heterocycles. The van der Waals surface area contributed by atoms with Crippen LogP contribution in [0, 0.1) is 11.2 Å². The van der Waals surface area contributed by atoms with Crippen molar-refractivity contribution in [2.24, 2.45) is 5.41 Å². The highest BCUT2D eigenvalue weighted by atomic mass is 19.1. The van der Waals surface area contributed by atoms with Gasteiger partial charge in [-0.1, -0.05) is 13.8 Å². The normalized spacial score (nSPS) is 23.2. The Kier molecular flexibility index (Phi) is 1.91. The van der Waals surface area contributed by atoms with Crippen LogP contribution >= 0.6 is 0 Å². The molecule has 0 saturated heterocycles. The van der Waals surface area contributed by atoms with Crippen molar-refractivity contribution in [3.05, 3.63) is 24.0 Å².